The second-order valence-corrected chi connectivity index (χ2v) is 11.6. The second kappa shape index (κ2) is 9.21. The highest BCUT2D eigenvalue weighted by molar-refractivity contribution is 6.01. The average Bonchev–Trinajstić information content (AvgIpc) is 3.35. The summed E-state index contributed by atoms with van der Waals surface area (Å²) < 4.78 is 6.90. The molecule has 1 unspecified atom stereocenters. The molecule has 4 amide bonds. The fourth-order valence-electron chi connectivity index (χ4n) is 6.02. The van der Waals surface area contributed by atoms with Gasteiger partial charge in [-0.05, 0) is 71.4 Å². The molecule has 2 N–H and O–H groups in total. The van der Waals surface area contributed by atoms with E-state index in [1.807, 2.05) is 20.8 Å². The third kappa shape index (κ3) is 4.65. The molecule has 4 aliphatic rings. The van der Waals surface area contributed by atoms with Crippen LogP contribution in [-0.4, -0.2) is 56.0 Å². The SMILES string of the molecule is Cc1nc2c(NC(=O)CCC34CC(CN3C(=O)OC(C)(C)C)C4)cccc2c(=O)n1C1CCC(=O)NC1=O. The molecular weight excluding hydrogens is 490 g/mol. The zero-order chi connectivity index (χ0) is 27.4. The zero-order valence-corrected chi connectivity index (χ0v) is 22.1. The Morgan fingerprint density at radius 1 is 1.21 bits per heavy atom. The number of rotatable bonds is 5. The first-order valence-corrected chi connectivity index (χ1v) is 13.0. The molecule has 1 aromatic heterocycles. The molecule has 38 heavy (non-hydrogen) atoms. The third-order valence-electron chi connectivity index (χ3n) is 7.69. The van der Waals surface area contributed by atoms with Crippen LogP contribution in [0.4, 0.5) is 10.5 Å². The van der Waals surface area contributed by atoms with Crippen molar-refractivity contribution in [2.75, 3.05) is 11.9 Å². The summed E-state index contributed by atoms with van der Waals surface area (Å²) in [7, 11) is 0. The number of piperidine rings is 1. The number of carbonyl (C=O) groups excluding carboxylic acids is 4. The van der Waals surface area contributed by atoms with Gasteiger partial charge < -0.3 is 15.0 Å². The van der Waals surface area contributed by atoms with Gasteiger partial charge in [0.1, 0.15) is 23.0 Å². The second-order valence-electron chi connectivity index (χ2n) is 11.6. The molecule has 2 bridgehead atoms. The van der Waals surface area contributed by atoms with E-state index in [1.54, 1.807) is 30.0 Å². The molecule has 1 aromatic carbocycles. The van der Waals surface area contributed by atoms with Crippen molar-refractivity contribution in [3.05, 3.63) is 34.4 Å². The lowest BCUT2D eigenvalue weighted by molar-refractivity contribution is -0.135. The molecule has 0 radical (unpaired) electrons. The van der Waals surface area contributed by atoms with Crippen LogP contribution in [0, 0.1) is 12.8 Å². The van der Waals surface area contributed by atoms with Gasteiger partial charge in [0.25, 0.3) is 5.56 Å². The van der Waals surface area contributed by atoms with E-state index in [4.69, 9.17) is 4.74 Å². The summed E-state index contributed by atoms with van der Waals surface area (Å²) in [6.07, 6.45) is 2.49. The van der Waals surface area contributed by atoms with Gasteiger partial charge in [0, 0.05) is 24.9 Å². The maximum atomic E-state index is 13.4. The van der Waals surface area contributed by atoms with E-state index < -0.39 is 23.1 Å². The van der Waals surface area contributed by atoms with Crippen molar-refractivity contribution >= 4 is 40.4 Å². The fraction of sp³-hybridized carbons (Fsp3) is 0.556. The first-order chi connectivity index (χ1) is 17.9. The molecular formula is C27H33N5O6. The van der Waals surface area contributed by atoms with Crippen LogP contribution in [0.2, 0.25) is 0 Å². The predicted molar refractivity (Wildman–Crippen MR) is 138 cm³/mol. The minimum Gasteiger partial charge on any atom is -0.444 e. The number of amides is 4. The van der Waals surface area contributed by atoms with Gasteiger partial charge in [-0.15, -0.1) is 0 Å². The number of nitrogens with zero attached hydrogens (tertiary/aromatic N) is 3. The summed E-state index contributed by atoms with van der Waals surface area (Å²) in [6.45, 7) is 7.80. The van der Waals surface area contributed by atoms with Gasteiger partial charge in [0.2, 0.25) is 17.7 Å². The first kappa shape index (κ1) is 25.9. The number of ether oxygens (including phenoxy) is 1. The summed E-state index contributed by atoms with van der Waals surface area (Å²) in [5.74, 6) is -0.360. The average molecular weight is 524 g/mol. The molecule has 1 atom stereocenters. The van der Waals surface area contributed by atoms with Crippen molar-refractivity contribution in [2.45, 2.75) is 83.4 Å². The maximum absolute atomic E-state index is 13.4. The Bertz CT molecular complexity index is 1400. The largest absolute Gasteiger partial charge is 0.444 e. The monoisotopic (exact) mass is 523 g/mol. The topological polar surface area (TPSA) is 140 Å². The molecule has 202 valence electrons. The van der Waals surface area contributed by atoms with Crippen LogP contribution < -0.4 is 16.2 Å². The fourth-order valence-corrected chi connectivity index (χ4v) is 6.02. The number of imide groups is 1. The van der Waals surface area contributed by atoms with Crippen molar-refractivity contribution < 1.29 is 23.9 Å². The van der Waals surface area contributed by atoms with Crippen molar-refractivity contribution in [2.24, 2.45) is 5.92 Å². The van der Waals surface area contributed by atoms with Crippen LogP contribution >= 0.6 is 0 Å². The molecule has 4 fully saturated rings. The molecule has 0 spiro atoms. The number of benzene rings is 1. The van der Waals surface area contributed by atoms with Gasteiger partial charge in [-0.2, -0.15) is 0 Å². The number of hydrogen-bond donors (Lipinski definition) is 2. The van der Waals surface area contributed by atoms with Gasteiger partial charge in [-0.1, -0.05) is 6.07 Å². The van der Waals surface area contributed by atoms with Crippen molar-refractivity contribution in [3.63, 3.8) is 0 Å². The Hall–Kier alpha value is -3.76. The van der Waals surface area contributed by atoms with Crippen LogP contribution in [0.25, 0.3) is 10.9 Å². The molecule has 6 rings (SSSR count). The van der Waals surface area contributed by atoms with Gasteiger partial charge in [0.15, 0.2) is 0 Å². The van der Waals surface area contributed by atoms with Crippen LogP contribution in [0.3, 0.4) is 0 Å². The van der Waals surface area contributed by atoms with Gasteiger partial charge in [-0.25, -0.2) is 9.78 Å². The molecule has 11 nitrogen and oxygen atoms in total. The van der Waals surface area contributed by atoms with E-state index in [0.717, 1.165) is 12.8 Å². The lowest BCUT2D eigenvalue weighted by Gasteiger charge is -2.42. The van der Waals surface area contributed by atoms with Gasteiger partial charge >= 0.3 is 6.09 Å². The maximum Gasteiger partial charge on any atom is 0.410 e. The number of aryl methyl sites for hydroxylation is 1. The van der Waals surface area contributed by atoms with Crippen LogP contribution in [0.5, 0.6) is 0 Å². The smallest absolute Gasteiger partial charge is 0.410 e. The number of aromatic nitrogens is 2. The number of carbonyl (C=O) groups is 4. The summed E-state index contributed by atoms with van der Waals surface area (Å²) >= 11 is 0. The minimum absolute atomic E-state index is 0.143. The Kier molecular flexibility index (Phi) is 6.27. The Morgan fingerprint density at radius 3 is 2.63 bits per heavy atom. The van der Waals surface area contributed by atoms with E-state index in [1.165, 1.54) is 4.57 Å². The third-order valence-corrected chi connectivity index (χ3v) is 7.69. The van der Waals surface area contributed by atoms with Crippen molar-refractivity contribution in [3.8, 4) is 0 Å². The number of nitrogens with one attached hydrogen (secondary N) is 2. The summed E-state index contributed by atoms with van der Waals surface area (Å²) in [4.78, 5) is 69.4. The quantitative estimate of drug-likeness (QED) is 0.575. The Labute approximate surface area is 219 Å². The summed E-state index contributed by atoms with van der Waals surface area (Å²) in [5.41, 5.74) is -0.601. The molecule has 1 aliphatic carbocycles. The lowest BCUT2D eigenvalue weighted by atomic mass is 9.71. The predicted octanol–water partition coefficient (Wildman–Crippen LogP) is 2.80. The van der Waals surface area contributed by atoms with E-state index in [9.17, 15) is 24.0 Å². The van der Waals surface area contributed by atoms with E-state index in [0.29, 0.717) is 35.9 Å². The highest BCUT2D eigenvalue weighted by atomic mass is 16.6. The molecule has 3 aliphatic heterocycles. The normalized spacial score (nSPS) is 24.7. The Balaban J connectivity index is 1.32. The molecule has 11 heteroatoms. The minimum atomic E-state index is -0.819. The van der Waals surface area contributed by atoms with E-state index in [-0.39, 0.29) is 48.1 Å². The van der Waals surface area contributed by atoms with E-state index in [2.05, 4.69) is 15.6 Å². The lowest BCUT2D eigenvalue weighted by Crippen LogP contribution is -2.50. The number of anilines is 1. The Morgan fingerprint density at radius 2 is 1.95 bits per heavy atom. The highest BCUT2D eigenvalue weighted by Crippen LogP contribution is 2.53. The molecule has 1 saturated carbocycles. The number of hydrogen-bond acceptors (Lipinski definition) is 7. The molecule has 4 heterocycles. The summed E-state index contributed by atoms with van der Waals surface area (Å²) in [5, 5.41) is 5.43. The van der Waals surface area contributed by atoms with Crippen LogP contribution in [0.15, 0.2) is 23.0 Å². The van der Waals surface area contributed by atoms with Crippen molar-refractivity contribution in [1.82, 2.24) is 19.8 Å². The first-order valence-electron chi connectivity index (χ1n) is 13.0. The van der Waals surface area contributed by atoms with Crippen molar-refractivity contribution in [1.29, 1.82) is 0 Å². The molecule has 2 aromatic rings. The van der Waals surface area contributed by atoms with Gasteiger partial charge in [0.05, 0.1) is 11.1 Å². The summed E-state index contributed by atoms with van der Waals surface area (Å²) in [6, 6.07) is 4.12. The number of para-hydroxylation sites is 1. The zero-order valence-electron chi connectivity index (χ0n) is 22.1. The standard InChI is InChI=1S/C27H33N5O6/c1-15-28-22-17(24(36)32(15)19-8-9-20(33)30-23(19)35)6-5-7-18(22)29-21(34)10-11-27-12-16(13-27)14-31(27)25(37)38-26(2,3)4/h5-7,16,19H,8-14H2,1-4H3,(H,29,34)(H,30,33,35). The van der Waals surface area contributed by atoms with Crippen LogP contribution in [0.1, 0.15) is 71.2 Å². The molecule has 3 saturated heterocycles. The van der Waals surface area contributed by atoms with E-state index >= 15 is 0 Å². The number of fused-ring (bicyclic) bond motifs is 2. The van der Waals surface area contributed by atoms with Gasteiger partial charge in [-0.3, -0.25) is 29.1 Å². The highest BCUT2D eigenvalue weighted by Gasteiger charge is 2.58. The van der Waals surface area contributed by atoms with Crippen LogP contribution in [-0.2, 0) is 19.1 Å².